The molecule has 0 amide bonds. The van der Waals surface area contributed by atoms with E-state index in [1.165, 1.54) is 12.0 Å². The van der Waals surface area contributed by atoms with Gasteiger partial charge in [-0.05, 0) is 72.6 Å². The van der Waals surface area contributed by atoms with Crippen molar-refractivity contribution in [2.24, 2.45) is 11.8 Å². The molecule has 2 aromatic rings. The third-order valence-corrected chi connectivity index (χ3v) is 9.01. The highest BCUT2D eigenvalue weighted by Crippen LogP contribution is 2.50. The lowest BCUT2D eigenvalue weighted by molar-refractivity contribution is 0.347. The van der Waals surface area contributed by atoms with Crippen molar-refractivity contribution in [2.45, 2.75) is 42.5 Å². The summed E-state index contributed by atoms with van der Waals surface area (Å²) in [6.45, 7) is 0. The molecule has 5 rings (SSSR count). The molecule has 5 heteroatoms. The van der Waals surface area contributed by atoms with Crippen LogP contribution in [0.15, 0.2) is 64.0 Å². The number of fused-ring (bicyclic) bond motifs is 3. The fraction of sp³-hybridized carbons (Fsp3) is 0.391. The number of hydrogen-bond acceptors (Lipinski definition) is 3. The summed E-state index contributed by atoms with van der Waals surface area (Å²) in [6, 6.07) is 14.4. The first kappa shape index (κ1) is 18.4. The molecule has 0 spiro atoms. The van der Waals surface area contributed by atoms with Gasteiger partial charge in [0.15, 0.2) is 9.84 Å². The van der Waals surface area contributed by atoms with Gasteiger partial charge < -0.3 is 5.32 Å². The number of anilines is 1. The van der Waals surface area contributed by atoms with Crippen LogP contribution < -0.4 is 5.32 Å². The molecule has 2 aromatic carbocycles. The molecule has 2 aliphatic carbocycles. The second kappa shape index (κ2) is 7.03. The number of sulfone groups is 1. The number of allylic oxidation sites excluding steroid dienone is 2. The molecule has 1 saturated carbocycles. The third kappa shape index (κ3) is 3.22. The monoisotopic (exact) mass is 457 g/mol. The van der Waals surface area contributed by atoms with Crippen LogP contribution in [-0.4, -0.2) is 14.2 Å². The van der Waals surface area contributed by atoms with Crippen LogP contribution in [-0.2, 0) is 9.84 Å². The summed E-state index contributed by atoms with van der Waals surface area (Å²) in [7, 11) is -3.21. The van der Waals surface area contributed by atoms with Crippen molar-refractivity contribution >= 4 is 31.5 Å². The Kier molecular flexibility index (Phi) is 4.63. The molecule has 0 saturated heterocycles. The highest BCUT2D eigenvalue weighted by Gasteiger charge is 2.38. The van der Waals surface area contributed by atoms with Crippen molar-refractivity contribution in [3.63, 3.8) is 0 Å². The summed E-state index contributed by atoms with van der Waals surface area (Å²) in [5, 5.41) is 3.70. The Balaban J connectivity index is 1.49. The van der Waals surface area contributed by atoms with Gasteiger partial charge in [0.1, 0.15) is 0 Å². The van der Waals surface area contributed by atoms with Gasteiger partial charge in [-0.25, -0.2) is 8.42 Å². The van der Waals surface area contributed by atoms with Crippen LogP contribution in [0.4, 0.5) is 5.69 Å². The average molecular weight is 458 g/mol. The van der Waals surface area contributed by atoms with E-state index in [1.807, 2.05) is 12.1 Å². The summed E-state index contributed by atoms with van der Waals surface area (Å²) < 4.78 is 26.9. The summed E-state index contributed by atoms with van der Waals surface area (Å²) in [5.41, 5.74) is 3.46. The minimum Gasteiger partial charge on any atom is -0.378 e. The second-order valence-corrected chi connectivity index (χ2v) is 11.3. The Bertz CT molecular complexity index is 1030. The Morgan fingerprint density at radius 3 is 2.57 bits per heavy atom. The summed E-state index contributed by atoms with van der Waals surface area (Å²) in [4.78, 5) is 0.487. The Hall–Kier alpha value is -1.59. The molecule has 3 atom stereocenters. The van der Waals surface area contributed by atoms with Crippen LogP contribution in [0, 0.1) is 11.8 Å². The van der Waals surface area contributed by atoms with Crippen molar-refractivity contribution in [2.75, 3.05) is 11.1 Å². The van der Waals surface area contributed by atoms with Crippen LogP contribution >= 0.6 is 15.9 Å². The second-order valence-electron chi connectivity index (χ2n) is 8.35. The fourth-order valence-electron chi connectivity index (χ4n) is 4.83. The van der Waals surface area contributed by atoms with Gasteiger partial charge in [0.25, 0.3) is 0 Å². The van der Waals surface area contributed by atoms with Crippen LogP contribution in [0.25, 0.3) is 0 Å². The van der Waals surface area contributed by atoms with Gasteiger partial charge in [0.05, 0.1) is 16.7 Å². The molecule has 28 heavy (non-hydrogen) atoms. The van der Waals surface area contributed by atoms with E-state index in [2.05, 4.69) is 57.7 Å². The van der Waals surface area contributed by atoms with E-state index >= 15 is 0 Å². The van der Waals surface area contributed by atoms with Crippen molar-refractivity contribution in [1.82, 2.24) is 0 Å². The minimum atomic E-state index is -3.21. The lowest BCUT2D eigenvalue weighted by Crippen LogP contribution is -2.29. The molecule has 3 nitrogen and oxygen atoms in total. The number of rotatable bonds is 4. The zero-order valence-electron chi connectivity index (χ0n) is 15.6. The molecular formula is C23H24BrNO2S. The maximum Gasteiger partial charge on any atom is 0.178 e. The van der Waals surface area contributed by atoms with E-state index in [9.17, 15) is 8.42 Å². The van der Waals surface area contributed by atoms with Crippen molar-refractivity contribution in [3.05, 3.63) is 70.2 Å². The summed E-state index contributed by atoms with van der Waals surface area (Å²) >= 11 is 3.51. The smallest absolute Gasteiger partial charge is 0.178 e. The molecule has 0 radical (unpaired) electrons. The predicted octanol–water partition coefficient (Wildman–Crippen LogP) is 5.85. The highest BCUT2D eigenvalue weighted by atomic mass is 79.9. The molecule has 0 bridgehead atoms. The van der Waals surface area contributed by atoms with Crippen molar-refractivity contribution in [1.29, 1.82) is 0 Å². The van der Waals surface area contributed by atoms with Gasteiger partial charge in [-0.2, -0.15) is 0 Å². The Labute approximate surface area is 175 Å². The van der Waals surface area contributed by atoms with Crippen LogP contribution in [0.5, 0.6) is 0 Å². The van der Waals surface area contributed by atoms with E-state index in [0.717, 1.165) is 35.0 Å². The fourth-order valence-corrected chi connectivity index (χ4v) is 6.82. The first-order valence-corrected chi connectivity index (χ1v) is 12.5. The average Bonchev–Trinajstić information content (AvgIpc) is 3.15. The molecular weight excluding hydrogens is 434 g/mol. The molecule has 3 aliphatic rings. The standard InChI is InChI=1S/C23H24BrNO2S/c24-17-9-7-16(8-10-17)23-20-6-2-5-19(20)21-13-18(11-12-22(21)25-23)28(26,27)14-15-3-1-4-15/h2,5,7-13,15,19-20,23,25H,1,3-4,6,14H2/t19-,20+,23+/m0/s1. The zero-order chi connectivity index (χ0) is 19.3. The first-order chi connectivity index (χ1) is 13.5. The molecule has 1 heterocycles. The lowest BCUT2D eigenvalue weighted by atomic mass is 9.77. The Morgan fingerprint density at radius 1 is 1.07 bits per heavy atom. The Morgan fingerprint density at radius 2 is 1.86 bits per heavy atom. The lowest BCUT2D eigenvalue weighted by Gasteiger charge is -2.37. The quantitative estimate of drug-likeness (QED) is 0.585. The van der Waals surface area contributed by atoms with E-state index in [4.69, 9.17) is 0 Å². The molecule has 0 aromatic heterocycles. The van der Waals surface area contributed by atoms with Gasteiger partial charge in [0, 0.05) is 16.1 Å². The molecule has 0 unspecified atom stereocenters. The molecule has 1 N–H and O–H groups in total. The number of hydrogen-bond donors (Lipinski definition) is 1. The topological polar surface area (TPSA) is 46.2 Å². The zero-order valence-corrected chi connectivity index (χ0v) is 18.0. The molecule has 1 fully saturated rings. The number of nitrogens with one attached hydrogen (secondary N) is 1. The third-order valence-electron chi connectivity index (χ3n) is 6.60. The maximum atomic E-state index is 12.9. The highest BCUT2D eigenvalue weighted by molar-refractivity contribution is 9.10. The van der Waals surface area contributed by atoms with E-state index in [0.29, 0.717) is 22.5 Å². The summed E-state index contributed by atoms with van der Waals surface area (Å²) in [6.07, 6.45) is 8.78. The normalized spacial score (nSPS) is 26.2. The van der Waals surface area contributed by atoms with Crippen LogP contribution in [0.2, 0.25) is 0 Å². The SMILES string of the molecule is O=S(=O)(CC1CCC1)c1ccc2c(c1)[C@H]1C=CC[C@H]1[C@@H](c1ccc(Br)cc1)N2. The predicted molar refractivity (Wildman–Crippen MR) is 116 cm³/mol. The number of halogens is 1. The van der Waals surface area contributed by atoms with Crippen LogP contribution in [0.1, 0.15) is 48.8 Å². The van der Waals surface area contributed by atoms with Crippen molar-refractivity contribution in [3.8, 4) is 0 Å². The van der Waals surface area contributed by atoms with Gasteiger partial charge >= 0.3 is 0 Å². The van der Waals surface area contributed by atoms with Gasteiger partial charge in [-0.3, -0.25) is 0 Å². The van der Waals surface area contributed by atoms with Gasteiger partial charge in [-0.1, -0.05) is 46.6 Å². The van der Waals surface area contributed by atoms with E-state index in [1.54, 1.807) is 6.07 Å². The largest absolute Gasteiger partial charge is 0.378 e. The van der Waals surface area contributed by atoms with Gasteiger partial charge in [0.2, 0.25) is 0 Å². The minimum absolute atomic E-state index is 0.234. The molecule has 1 aliphatic heterocycles. The summed E-state index contributed by atoms with van der Waals surface area (Å²) in [5.74, 6) is 1.33. The van der Waals surface area contributed by atoms with Gasteiger partial charge in [-0.15, -0.1) is 0 Å². The van der Waals surface area contributed by atoms with E-state index < -0.39 is 9.84 Å². The number of benzene rings is 2. The maximum absolute atomic E-state index is 12.9. The first-order valence-electron chi connectivity index (χ1n) is 10.1. The van der Waals surface area contributed by atoms with Crippen LogP contribution in [0.3, 0.4) is 0 Å². The molecule has 146 valence electrons. The van der Waals surface area contributed by atoms with E-state index in [-0.39, 0.29) is 12.0 Å². The van der Waals surface area contributed by atoms with Crippen molar-refractivity contribution < 1.29 is 8.42 Å².